The van der Waals surface area contributed by atoms with Gasteiger partial charge in [-0.2, -0.15) is 13.2 Å². The Balaban J connectivity index is 1.76. The average molecular weight is 409 g/mol. The van der Waals surface area contributed by atoms with Crippen molar-refractivity contribution in [2.45, 2.75) is 25.6 Å². The number of hydrogen-bond donors (Lipinski definition) is 1. The van der Waals surface area contributed by atoms with Gasteiger partial charge in [0, 0.05) is 19.3 Å². The molecule has 1 N–H and O–H groups in total. The summed E-state index contributed by atoms with van der Waals surface area (Å²) < 4.78 is 56.8. The van der Waals surface area contributed by atoms with Gasteiger partial charge >= 0.3 is 6.18 Å². The smallest absolute Gasteiger partial charge is 0.416 e. The number of alkyl halides is 3. The standard InChI is InChI=1S/C20H19F4N3O2/c1-12-8-9-25-17(29-15-6-4-14(5-7-15)20(22,23)24)16(12)26-19(3)10-27(11-19)18(28)13(2)21/h4-9,26H,2,10-11H2,1,3H3. The van der Waals surface area contributed by atoms with Crippen LogP contribution in [0.2, 0.25) is 0 Å². The number of nitrogens with zero attached hydrogens (tertiary/aromatic N) is 2. The van der Waals surface area contributed by atoms with E-state index < -0.39 is 29.0 Å². The minimum atomic E-state index is -4.43. The third-order valence-corrected chi connectivity index (χ3v) is 4.55. The van der Waals surface area contributed by atoms with E-state index in [9.17, 15) is 22.4 Å². The summed E-state index contributed by atoms with van der Waals surface area (Å²) in [4.78, 5) is 17.1. The summed E-state index contributed by atoms with van der Waals surface area (Å²) in [6, 6.07) is 6.04. The maximum absolute atomic E-state index is 13.0. The number of rotatable bonds is 5. The summed E-state index contributed by atoms with van der Waals surface area (Å²) >= 11 is 0. The van der Waals surface area contributed by atoms with E-state index in [1.165, 1.54) is 23.2 Å². The minimum absolute atomic E-state index is 0.186. The molecule has 0 radical (unpaired) electrons. The monoisotopic (exact) mass is 409 g/mol. The van der Waals surface area contributed by atoms with Crippen molar-refractivity contribution in [1.82, 2.24) is 9.88 Å². The number of anilines is 1. The molecule has 29 heavy (non-hydrogen) atoms. The van der Waals surface area contributed by atoms with E-state index >= 15 is 0 Å². The van der Waals surface area contributed by atoms with Crippen molar-refractivity contribution in [3.05, 3.63) is 60.1 Å². The number of nitrogens with one attached hydrogen (secondary N) is 1. The van der Waals surface area contributed by atoms with Gasteiger partial charge in [0.15, 0.2) is 5.83 Å². The number of pyridine rings is 1. The van der Waals surface area contributed by atoms with Gasteiger partial charge in [0.05, 0.1) is 11.1 Å². The molecule has 1 fully saturated rings. The average Bonchev–Trinajstić information content (AvgIpc) is 2.61. The fourth-order valence-electron chi connectivity index (χ4n) is 3.08. The molecule has 0 aliphatic carbocycles. The molecule has 1 aromatic heterocycles. The Labute approximate surface area is 165 Å². The lowest BCUT2D eigenvalue weighted by molar-refractivity contribution is -0.137. The number of halogens is 4. The van der Waals surface area contributed by atoms with Crippen molar-refractivity contribution in [3.8, 4) is 11.6 Å². The van der Waals surface area contributed by atoms with Crippen LogP contribution in [0.1, 0.15) is 18.1 Å². The van der Waals surface area contributed by atoms with Crippen LogP contribution in [0.4, 0.5) is 23.2 Å². The van der Waals surface area contributed by atoms with Crippen LogP contribution >= 0.6 is 0 Å². The fraction of sp³-hybridized carbons (Fsp3) is 0.300. The van der Waals surface area contributed by atoms with E-state index in [4.69, 9.17) is 4.74 Å². The molecule has 2 heterocycles. The van der Waals surface area contributed by atoms with Crippen LogP contribution in [0, 0.1) is 6.92 Å². The van der Waals surface area contributed by atoms with Gasteiger partial charge in [-0.1, -0.05) is 6.58 Å². The van der Waals surface area contributed by atoms with Crippen LogP contribution in [-0.2, 0) is 11.0 Å². The van der Waals surface area contributed by atoms with Crippen LogP contribution in [0.15, 0.2) is 48.9 Å². The zero-order valence-corrected chi connectivity index (χ0v) is 15.8. The first-order valence-corrected chi connectivity index (χ1v) is 8.71. The van der Waals surface area contributed by atoms with E-state index in [0.29, 0.717) is 5.69 Å². The molecule has 0 bridgehead atoms. The lowest BCUT2D eigenvalue weighted by Crippen LogP contribution is -2.65. The molecule has 0 spiro atoms. The van der Waals surface area contributed by atoms with Crippen molar-refractivity contribution < 1.29 is 27.1 Å². The van der Waals surface area contributed by atoms with E-state index in [-0.39, 0.29) is 24.7 Å². The van der Waals surface area contributed by atoms with E-state index in [1.807, 2.05) is 13.8 Å². The second-order valence-corrected chi connectivity index (χ2v) is 7.18. The Kier molecular flexibility index (Phi) is 5.25. The molecule has 5 nitrogen and oxygen atoms in total. The molecule has 1 aliphatic heterocycles. The van der Waals surface area contributed by atoms with Gasteiger partial charge in [-0.05, 0) is 49.7 Å². The fourth-order valence-corrected chi connectivity index (χ4v) is 3.08. The molecule has 1 saturated heterocycles. The van der Waals surface area contributed by atoms with Gasteiger partial charge in [0.1, 0.15) is 11.4 Å². The third kappa shape index (κ3) is 4.49. The van der Waals surface area contributed by atoms with Gasteiger partial charge in [0.2, 0.25) is 5.88 Å². The molecule has 154 valence electrons. The molecular weight excluding hydrogens is 390 g/mol. The number of likely N-dealkylation sites (tertiary alicyclic amines) is 1. The zero-order valence-electron chi connectivity index (χ0n) is 15.8. The summed E-state index contributed by atoms with van der Waals surface area (Å²) in [6.45, 7) is 7.18. The first-order valence-electron chi connectivity index (χ1n) is 8.71. The normalized spacial score (nSPS) is 15.4. The van der Waals surface area contributed by atoms with Gasteiger partial charge < -0.3 is 15.0 Å². The van der Waals surface area contributed by atoms with Gasteiger partial charge in [0.25, 0.3) is 5.91 Å². The van der Waals surface area contributed by atoms with E-state index in [0.717, 1.165) is 17.7 Å². The highest BCUT2D eigenvalue weighted by molar-refractivity contribution is 5.91. The highest BCUT2D eigenvalue weighted by Crippen LogP contribution is 2.36. The molecule has 0 atom stereocenters. The molecule has 1 amide bonds. The number of amides is 1. The molecule has 2 aromatic rings. The molecule has 0 saturated carbocycles. The molecule has 0 unspecified atom stereocenters. The molecule has 9 heteroatoms. The molecule has 3 rings (SSSR count). The number of carbonyl (C=O) groups excluding carboxylic acids is 1. The van der Waals surface area contributed by atoms with Crippen molar-refractivity contribution >= 4 is 11.6 Å². The van der Waals surface area contributed by atoms with E-state index in [2.05, 4.69) is 16.9 Å². The molecule has 1 aromatic carbocycles. The number of aromatic nitrogens is 1. The van der Waals surface area contributed by atoms with Crippen molar-refractivity contribution in [2.75, 3.05) is 18.4 Å². The van der Waals surface area contributed by atoms with Crippen molar-refractivity contribution in [3.63, 3.8) is 0 Å². The zero-order chi connectivity index (χ0) is 21.4. The van der Waals surface area contributed by atoms with Crippen molar-refractivity contribution in [1.29, 1.82) is 0 Å². The Bertz CT molecular complexity index is 936. The maximum Gasteiger partial charge on any atom is 0.416 e. The predicted molar refractivity (Wildman–Crippen MR) is 99.3 cm³/mol. The largest absolute Gasteiger partial charge is 0.437 e. The first-order chi connectivity index (χ1) is 13.5. The summed E-state index contributed by atoms with van der Waals surface area (Å²) in [7, 11) is 0. The predicted octanol–water partition coefficient (Wildman–Crippen LogP) is 4.70. The number of aryl methyl sites for hydroxylation is 1. The Morgan fingerprint density at radius 2 is 1.86 bits per heavy atom. The van der Waals surface area contributed by atoms with E-state index in [1.54, 1.807) is 6.07 Å². The summed E-state index contributed by atoms with van der Waals surface area (Å²) in [5, 5.41) is 3.26. The van der Waals surface area contributed by atoms with Gasteiger partial charge in [-0.25, -0.2) is 9.37 Å². The summed E-state index contributed by atoms with van der Waals surface area (Å²) in [6.07, 6.45) is -2.91. The number of benzene rings is 1. The second-order valence-electron chi connectivity index (χ2n) is 7.18. The van der Waals surface area contributed by atoms with Crippen LogP contribution < -0.4 is 10.1 Å². The summed E-state index contributed by atoms with van der Waals surface area (Å²) in [5.41, 5.74) is 0.0161. The topological polar surface area (TPSA) is 54.5 Å². The SMILES string of the molecule is C=C(F)C(=O)N1CC(C)(Nc2c(C)ccnc2Oc2ccc(C(F)(F)F)cc2)C1. The van der Waals surface area contributed by atoms with Crippen LogP contribution in [0.3, 0.4) is 0 Å². The lowest BCUT2D eigenvalue weighted by atomic mass is 9.91. The van der Waals surface area contributed by atoms with Gasteiger partial charge in [-0.15, -0.1) is 0 Å². The number of hydrogen-bond acceptors (Lipinski definition) is 4. The summed E-state index contributed by atoms with van der Waals surface area (Å²) in [5.74, 6) is -1.39. The Hall–Kier alpha value is -3.10. The lowest BCUT2D eigenvalue weighted by Gasteiger charge is -2.48. The van der Waals surface area contributed by atoms with Gasteiger partial charge in [-0.3, -0.25) is 4.79 Å². The minimum Gasteiger partial charge on any atom is -0.437 e. The first kappa shape index (κ1) is 20.6. The maximum atomic E-state index is 13.0. The van der Waals surface area contributed by atoms with Crippen LogP contribution in [-0.4, -0.2) is 34.4 Å². The van der Waals surface area contributed by atoms with Crippen LogP contribution in [0.5, 0.6) is 11.6 Å². The molecule has 1 aliphatic rings. The number of ether oxygens (including phenoxy) is 1. The second kappa shape index (κ2) is 7.38. The van der Waals surface area contributed by atoms with Crippen LogP contribution in [0.25, 0.3) is 0 Å². The van der Waals surface area contributed by atoms with Crippen molar-refractivity contribution in [2.24, 2.45) is 0 Å². The third-order valence-electron chi connectivity index (χ3n) is 4.55. The highest BCUT2D eigenvalue weighted by Gasteiger charge is 2.42. The Morgan fingerprint density at radius 1 is 1.24 bits per heavy atom. The Morgan fingerprint density at radius 3 is 2.41 bits per heavy atom. The number of carbonyl (C=O) groups is 1. The quantitative estimate of drug-likeness (QED) is 0.575. The molecular formula is C20H19F4N3O2. The highest BCUT2D eigenvalue weighted by atomic mass is 19.4.